The topological polar surface area (TPSA) is 0 Å². The zero-order valence-electron chi connectivity index (χ0n) is 15.9. The molecule has 0 bridgehead atoms. The van der Waals surface area contributed by atoms with Crippen molar-refractivity contribution in [3.63, 3.8) is 0 Å². The summed E-state index contributed by atoms with van der Waals surface area (Å²) in [5, 5.41) is 0. The summed E-state index contributed by atoms with van der Waals surface area (Å²) in [6.45, 7) is 19.0. The Kier molecular flexibility index (Phi) is 13.0. The molecule has 0 saturated heterocycles. The summed E-state index contributed by atoms with van der Waals surface area (Å²) in [6.07, 6.45) is 5.68. The van der Waals surface area contributed by atoms with Crippen LogP contribution in [0.25, 0.3) is 0 Å². The van der Waals surface area contributed by atoms with Crippen LogP contribution >= 0.6 is 0 Å². The molecule has 2 radical (unpaired) electrons. The van der Waals surface area contributed by atoms with Gasteiger partial charge in [-0.05, 0) is 0 Å². The second-order valence-electron chi connectivity index (χ2n) is 8.00. The van der Waals surface area contributed by atoms with Crippen molar-refractivity contribution in [1.29, 1.82) is 0 Å². The summed E-state index contributed by atoms with van der Waals surface area (Å²) in [6, 6.07) is 0. The first-order chi connectivity index (χ1) is 8.10. The van der Waals surface area contributed by atoms with Crippen LogP contribution in [0.2, 0.25) is 0 Å². The Labute approximate surface area is 159 Å². The maximum absolute atomic E-state index is 2.45. The zero-order valence-corrected chi connectivity index (χ0v) is 18.7. The monoisotopic (exact) mass is 367 g/mol. The van der Waals surface area contributed by atoms with Gasteiger partial charge in [0.1, 0.15) is 0 Å². The molecule has 2 unspecified atom stereocenters. The first-order valence-corrected chi connectivity index (χ1v) is 7.71. The molecular formula is C19H37V2-. The van der Waals surface area contributed by atoms with Crippen molar-refractivity contribution < 1.29 is 37.1 Å². The van der Waals surface area contributed by atoms with Gasteiger partial charge in [-0.1, -0.05) is 65.2 Å². The van der Waals surface area contributed by atoms with Crippen LogP contribution in [0.1, 0.15) is 81.1 Å². The van der Waals surface area contributed by atoms with E-state index in [-0.39, 0.29) is 44.5 Å². The summed E-state index contributed by atoms with van der Waals surface area (Å²) < 4.78 is 0. The predicted molar refractivity (Wildman–Crippen MR) is 88.6 cm³/mol. The molecule has 0 aromatic rings. The molecule has 2 atom stereocenters. The largest absolute Gasteiger partial charge is 2.00 e. The molecule has 2 heteroatoms. The SMILES string of the molecule is C[C-](C)C(C)(C)C1CCCC(C(C)(C)[C-](C)C)C1.[CH3-].[V+2].[V]. The van der Waals surface area contributed by atoms with Crippen LogP contribution in [-0.4, -0.2) is 0 Å². The van der Waals surface area contributed by atoms with Crippen molar-refractivity contribution in [2.24, 2.45) is 22.7 Å². The van der Waals surface area contributed by atoms with Crippen molar-refractivity contribution in [1.82, 2.24) is 0 Å². The van der Waals surface area contributed by atoms with E-state index in [0.717, 1.165) is 11.8 Å². The molecule has 0 amide bonds. The van der Waals surface area contributed by atoms with Gasteiger partial charge in [0.15, 0.2) is 0 Å². The van der Waals surface area contributed by atoms with E-state index >= 15 is 0 Å². The molecule has 0 aromatic heterocycles. The molecule has 0 aliphatic heterocycles. The van der Waals surface area contributed by atoms with Crippen molar-refractivity contribution >= 4 is 0 Å². The van der Waals surface area contributed by atoms with Gasteiger partial charge in [0.2, 0.25) is 0 Å². The fourth-order valence-corrected chi connectivity index (χ4v) is 3.32. The van der Waals surface area contributed by atoms with Crippen LogP contribution in [0.15, 0.2) is 0 Å². The minimum atomic E-state index is 0. The minimum Gasteiger partial charge on any atom is -0.358 e. The van der Waals surface area contributed by atoms with Crippen molar-refractivity contribution in [2.75, 3.05) is 0 Å². The fourth-order valence-electron chi connectivity index (χ4n) is 3.32. The van der Waals surface area contributed by atoms with E-state index in [1.165, 1.54) is 25.7 Å². The first-order valence-electron chi connectivity index (χ1n) is 7.71. The van der Waals surface area contributed by atoms with Gasteiger partial charge < -0.3 is 19.3 Å². The third-order valence-electron chi connectivity index (χ3n) is 6.29. The standard InChI is InChI=1S/C18H34.CH3.2V/c1-13(2)17(5,6)15-10-9-11-16(12-15)18(7,8)14(3)4;;;/h15-16H,9-12H2,1-8H3;1H3;;/q-2;-1;;+2. The van der Waals surface area contributed by atoms with E-state index in [4.69, 9.17) is 0 Å². The van der Waals surface area contributed by atoms with Crippen LogP contribution in [0.5, 0.6) is 0 Å². The van der Waals surface area contributed by atoms with Crippen LogP contribution in [0.4, 0.5) is 0 Å². The zero-order chi connectivity index (χ0) is 14.1. The van der Waals surface area contributed by atoms with E-state index in [9.17, 15) is 0 Å². The van der Waals surface area contributed by atoms with Gasteiger partial charge in [-0.3, -0.25) is 0 Å². The van der Waals surface area contributed by atoms with Gasteiger partial charge in [-0.15, -0.1) is 0 Å². The third kappa shape index (κ3) is 6.29. The van der Waals surface area contributed by atoms with Gasteiger partial charge in [-0.25, -0.2) is 0 Å². The Balaban J connectivity index is -0.00000108. The van der Waals surface area contributed by atoms with Crippen molar-refractivity contribution in [2.45, 2.75) is 81.1 Å². The number of hydrogen-bond acceptors (Lipinski definition) is 0. The molecule has 0 nitrogen and oxygen atoms in total. The maximum Gasteiger partial charge on any atom is 2.00 e. The molecule has 1 aliphatic carbocycles. The molecule has 1 aliphatic rings. The summed E-state index contributed by atoms with van der Waals surface area (Å²) in [4.78, 5) is 0. The molecule has 1 fully saturated rings. The Hall–Kier alpha value is 1.17. The fraction of sp³-hybridized carbons (Fsp3) is 0.842. The van der Waals surface area contributed by atoms with E-state index in [0.29, 0.717) is 10.8 Å². The van der Waals surface area contributed by atoms with Gasteiger partial charge >= 0.3 is 18.6 Å². The minimum absolute atomic E-state index is 0. The molecule has 1 saturated carbocycles. The van der Waals surface area contributed by atoms with Crippen LogP contribution in [-0.2, 0) is 37.1 Å². The quantitative estimate of drug-likeness (QED) is 0.496. The summed E-state index contributed by atoms with van der Waals surface area (Å²) >= 11 is 0. The Morgan fingerprint density at radius 1 is 0.762 bits per heavy atom. The maximum atomic E-state index is 2.45. The number of hydrogen-bond donors (Lipinski definition) is 0. The van der Waals surface area contributed by atoms with Crippen LogP contribution in [0, 0.1) is 41.9 Å². The van der Waals surface area contributed by atoms with Gasteiger partial charge in [0.05, 0.1) is 0 Å². The Bertz CT molecular complexity index is 241. The molecule has 0 N–H and O–H groups in total. The summed E-state index contributed by atoms with van der Waals surface area (Å²) in [5.41, 5.74) is 0.826. The van der Waals surface area contributed by atoms with Gasteiger partial charge in [0.25, 0.3) is 0 Å². The van der Waals surface area contributed by atoms with Gasteiger partial charge in [-0.2, -0.15) is 38.5 Å². The first kappa shape index (κ1) is 27.0. The summed E-state index contributed by atoms with van der Waals surface area (Å²) in [7, 11) is 0. The Morgan fingerprint density at radius 2 is 1.05 bits per heavy atom. The van der Waals surface area contributed by atoms with Crippen LogP contribution in [0.3, 0.4) is 0 Å². The second-order valence-corrected chi connectivity index (χ2v) is 8.00. The Morgan fingerprint density at radius 3 is 1.29 bits per heavy atom. The van der Waals surface area contributed by atoms with E-state index in [2.05, 4.69) is 55.4 Å². The van der Waals surface area contributed by atoms with Gasteiger partial charge in [0, 0.05) is 18.6 Å². The third-order valence-corrected chi connectivity index (χ3v) is 6.29. The van der Waals surface area contributed by atoms with E-state index in [1.807, 2.05) is 0 Å². The second kappa shape index (κ2) is 10.1. The average Bonchev–Trinajstić information content (AvgIpc) is 2.28. The molecule has 0 heterocycles. The molecule has 124 valence electrons. The predicted octanol–water partition coefficient (Wildman–Crippen LogP) is 6.52. The van der Waals surface area contributed by atoms with Crippen molar-refractivity contribution in [3.8, 4) is 0 Å². The van der Waals surface area contributed by atoms with Crippen molar-refractivity contribution in [3.05, 3.63) is 19.3 Å². The molecular weight excluding hydrogens is 330 g/mol. The number of rotatable bonds is 4. The molecule has 0 spiro atoms. The van der Waals surface area contributed by atoms with Crippen LogP contribution < -0.4 is 0 Å². The average molecular weight is 367 g/mol. The van der Waals surface area contributed by atoms with E-state index < -0.39 is 0 Å². The molecule has 0 aromatic carbocycles. The molecule has 1 rings (SSSR count). The smallest absolute Gasteiger partial charge is 0.358 e. The summed E-state index contributed by atoms with van der Waals surface area (Å²) in [5.74, 6) is 4.95. The normalized spacial score (nSPS) is 23.1. The van der Waals surface area contributed by atoms with E-state index in [1.54, 1.807) is 11.8 Å². The molecule has 21 heavy (non-hydrogen) atoms.